The third kappa shape index (κ3) is 27.0. The van der Waals surface area contributed by atoms with Crippen LogP contribution < -0.4 is 4.57 Å². The maximum absolute atomic E-state index is 9.08. The highest BCUT2D eigenvalue weighted by Gasteiger charge is 2.26. The largest absolute Gasteiger partial charge is 0.748 e. The van der Waals surface area contributed by atoms with Crippen molar-refractivity contribution in [3.8, 4) is 0 Å². The van der Waals surface area contributed by atoms with Gasteiger partial charge in [0.15, 0.2) is 6.20 Å². The Kier molecular flexibility index (Phi) is 26.2. The van der Waals surface area contributed by atoms with E-state index in [0.29, 0.717) is 12.9 Å². The van der Waals surface area contributed by atoms with E-state index in [0.717, 1.165) is 45.6 Å². The molecule has 1 aromatic heterocycles. The van der Waals surface area contributed by atoms with Crippen LogP contribution in [0, 0.1) is 0 Å². The van der Waals surface area contributed by atoms with Crippen LogP contribution in [0.5, 0.6) is 0 Å². The molecule has 1 aliphatic rings. The quantitative estimate of drug-likeness (QED) is 0.0580. The number of hydrogen-bond donors (Lipinski definition) is 0. The van der Waals surface area contributed by atoms with Gasteiger partial charge in [-0.3, -0.25) is 0 Å². The van der Waals surface area contributed by atoms with Gasteiger partial charge >= 0.3 is 0 Å². The molecule has 0 aliphatic carbocycles. The van der Waals surface area contributed by atoms with E-state index in [-0.39, 0.29) is 12.2 Å². The molecule has 42 heavy (non-hydrogen) atoms. The Hall–Kier alpha value is -0.580. The molecular formula is C33H63NO6S2. The topological polar surface area (TPSA) is 88.8 Å². The van der Waals surface area contributed by atoms with E-state index in [2.05, 4.69) is 28.6 Å². The molecule has 2 rings (SSSR count). The zero-order chi connectivity index (χ0) is 30.6. The molecule has 2 atom stereocenters. The molecule has 0 N–H and O–H groups in total. The second-order valence-electron chi connectivity index (χ2n) is 11.9. The van der Waals surface area contributed by atoms with Crippen molar-refractivity contribution in [2.45, 2.75) is 161 Å². The van der Waals surface area contributed by atoms with Gasteiger partial charge in [0.1, 0.15) is 12.6 Å². The lowest BCUT2D eigenvalue weighted by molar-refractivity contribution is -0.692. The van der Waals surface area contributed by atoms with Crippen molar-refractivity contribution in [1.29, 1.82) is 0 Å². The Labute approximate surface area is 262 Å². The van der Waals surface area contributed by atoms with E-state index in [9.17, 15) is 0 Å². The highest BCUT2D eigenvalue weighted by atomic mass is 32.2. The van der Waals surface area contributed by atoms with Gasteiger partial charge in [0.05, 0.1) is 28.2 Å². The summed E-state index contributed by atoms with van der Waals surface area (Å²) in [6.07, 6.45) is 31.2. The van der Waals surface area contributed by atoms with Crippen LogP contribution in [0.2, 0.25) is 0 Å². The molecule has 7 nitrogen and oxygen atoms in total. The highest BCUT2D eigenvalue weighted by Crippen LogP contribution is 2.19. The van der Waals surface area contributed by atoms with Crippen LogP contribution in [0.3, 0.4) is 0 Å². The van der Waals surface area contributed by atoms with Crippen LogP contribution in [-0.2, 0) is 30.9 Å². The maximum atomic E-state index is 9.08. The lowest BCUT2D eigenvalue weighted by Gasteiger charge is -2.31. The first kappa shape index (κ1) is 39.4. The van der Waals surface area contributed by atoms with E-state index in [1.807, 2.05) is 0 Å². The molecule has 2 heterocycles. The molecule has 0 radical (unpaired) electrons. The lowest BCUT2D eigenvalue weighted by atomic mass is 10.0. The number of aromatic nitrogens is 1. The number of ether oxygens (including phenoxy) is 3. The number of unbranched alkanes of at least 4 members (excludes halogenated alkanes) is 17. The van der Waals surface area contributed by atoms with Crippen LogP contribution in [0.25, 0.3) is 0 Å². The SMILES string of the molecule is CCCCCCCCCCCCCCCCO[C@@H]1CCCO[C@H]1COCCCCCCC[n+]1ccsc1.CS(=O)(=O)[O-]. The first-order chi connectivity index (χ1) is 20.4. The third-order valence-corrected chi connectivity index (χ3v) is 8.40. The normalized spacial score (nSPS) is 17.2. The number of rotatable bonds is 26. The number of aryl methyl sites for hydroxylation is 1. The van der Waals surface area contributed by atoms with Crippen molar-refractivity contribution in [2.24, 2.45) is 0 Å². The first-order valence-corrected chi connectivity index (χ1v) is 19.8. The Morgan fingerprint density at radius 2 is 1.36 bits per heavy atom. The van der Waals surface area contributed by atoms with Gasteiger partial charge in [-0.2, -0.15) is 4.57 Å². The minimum absolute atomic E-state index is 0.128. The summed E-state index contributed by atoms with van der Waals surface area (Å²) in [4.78, 5) is 0. The standard InChI is InChI=1S/C32H60NO3S.CH4O3S/c1-2-3-4-5-6-7-8-9-10-11-12-13-17-20-26-35-31-22-21-27-36-32(31)29-34-25-19-16-14-15-18-23-33-24-28-37-30-33;1-5(2,3)4/h24,28,30-32H,2-23,25-27,29H2,1H3;1H3,(H,2,3,4)/q+1;/p-1/t31-,32+;/m1./s1. The minimum Gasteiger partial charge on any atom is -0.748 e. The van der Waals surface area contributed by atoms with Crippen molar-refractivity contribution in [3.63, 3.8) is 0 Å². The van der Waals surface area contributed by atoms with E-state index >= 15 is 0 Å². The van der Waals surface area contributed by atoms with Crippen LogP contribution in [0.15, 0.2) is 17.1 Å². The lowest BCUT2D eigenvalue weighted by Crippen LogP contribution is -2.39. The summed E-state index contributed by atoms with van der Waals surface area (Å²) >= 11 is 1.77. The molecule has 0 bridgehead atoms. The van der Waals surface area contributed by atoms with Crippen LogP contribution in [0.4, 0.5) is 0 Å². The molecule has 0 amide bonds. The van der Waals surface area contributed by atoms with Crippen LogP contribution >= 0.6 is 11.3 Å². The second-order valence-corrected chi connectivity index (χ2v) is 14.0. The van der Waals surface area contributed by atoms with Gasteiger partial charge in [-0.1, -0.05) is 115 Å². The molecule has 248 valence electrons. The highest BCUT2D eigenvalue weighted by molar-refractivity contribution is 7.84. The predicted octanol–water partition coefficient (Wildman–Crippen LogP) is 8.21. The molecule has 1 aliphatic heterocycles. The summed E-state index contributed by atoms with van der Waals surface area (Å²) in [6.45, 7) is 6.73. The van der Waals surface area contributed by atoms with Crippen LogP contribution in [-0.4, -0.2) is 57.9 Å². The van der Waals surface area contributed by atoms with Gasteiger partial charge < -0.3 is 18.8 Å². The summed E-state index contributed by atoms with van der Waals surface area (Å²) in [5.41, 5.74) is 2.19. The number of nitrogens with zero attached hydrogens (tertiary/aromatic N) is 1. The smallest absolute Gasteiger partial charge is 0.224 e. The molecule has 1 saturated heterocycles. The molecule has 0 saturated carbocycles. The molecule has 0 aromatic carbocycles. The van der Waals surface area contributed by atoms with Crippen molar-refractivity contribution >= 4 is 21.5 Å². The summed E-state index contributed by atoms with van der Waals surface area (Å²) < 4.78 is 47.8. The van der Waals surface area contributed by atoms with Gasteiger partial charge in [-0.25, -0.2) is 8.42 Å². The van der Waals surface area contributed by atoms with E-state index < -0.39 is 10.1 Å². The molecule has 1 fully saturated rings. The Morgan fingerprint density at radius 1 is 0.833 bits per heavy atom. The first-order valence-electron chi connectivity index (χ1n) is 17.0. The fraction of sp³-hybridized carbons (Fsp3) is 0.909. The molecule has 1 aromatic rings. The van der Waals surface area contributed by atoms with Gasteiger partial charge in [0.25, 0.3) is 0 Å². The zero-order valence-electron chi connectivity index (χ0n) is 27.0. The van der Waals surface area contributed by atoms with Crippen LogP contribution in [0.1, 0.15) is 142 Å². The molecule has 0 unspecified atom stereocenters. The summed E-state index contributed by atoms with van der Waals surface area (Å²) in [6, 6.07) is 0. The Morgan fingerprint density at radius 3 is 1.90 bits per heavy atom. The molecule has 0 spiro atoms. The van der Waals surface area contributed by atoms with E-state index in [1.165, 1.54) is 116 Å². The maximum Gasteiger partial charge on any atom is 0.224 e. The van der Waals surface area contributed by atoms with E-state index in [4.69, 9.17) is 27.2 Å². The van der Waals surface area contributed by atoms with Crippen molar-refractivity contribution in [3.05, 3.63) is 17.1 Å². The molecular weight excluding hydrogens is 570 g/mol. The van der Waals surface area contributed by atoms with Crippen molar-refractivity contribution < 1.29 is 31.7 Å². The van der Waals surface area contributed by atoms with Crippen molar-refractivity contribution in [1.82, 2.24) is 0 Å². The monoisotopic (exact) mass is 633 g/mol. The van der Waals surface area contributed by atoms with Gasteiger partial charge in [-0.15, -0.1) is 0 Å². The summed E-state index contributed by atoms with van der Waals surface area (Å²) in [7, 11) is -3.92. The fourth-order valence-electron chi connectivity index (χ4n) is 5.31. The van der Waals surface area contributed by atoms with Gasteiger partial charge in [0.2, 0.25) is 5.51 Å². The molecule has 9 heteroatoms. The second kappa shape index (κ2) is 27.9. The van der Waals surface area contributed by atoms with Crippen molar-refractivity contribution in [2.75, 3.05) is 32.7 Å². The van der Waals surface area contributed by atoms with Gasteiger partial charge in [-0.05, 0) is 32.1 Å². The summed E-state index contributed by atoms with van der Waals surface area (Å²) in [5, 5.41) is 2.14. The average molecular weight is 634 g/mol. The fourth-order valence-corrected chi connectivity index (χ4v) is 5.94. The Bertz CT molecular complexity index is 782. The average Bonchev–Trinajstić information content (AvgIpc) is 3.47. The third-order valence-electron chi connectivity index (χ3n) is 7.72. The van der Waals surface area contributed by atoms with E-state index in [1.54, 1.807) is 11.3 Å². The number of hydrogen-bond acceptors (Lipinski definition) is 7. The summed E-state index contributed by atoms with van der Waals surface area (Å²) in [5.74, 6) is 0. The minimum atomic E-state index is -3.92. The number of thiazole rings is 1. The predicted molar refractivity (Wildman–Crippen MR) is 173 cm³/mol. The van der Waals surface area contributed by atoms with Gasteiger partial charge in [0, 0.05) is 32.5 Å². The zero-order valence-corrected chi connectivity index (χ0v) is 28.6. The Balaban J connectivity index is 0.00000162.